The molecule has 1 atom stereocenters. The van der Waals surface area contributed by atoms with Crippen LogP contribution in [0.4, 0.5) is 0 Å². The van der Waals surface area contributed by atoms with E-state index in [2.05, 4.69) is 41.5 Å². The topological polar surface area (TPSA) is 0 Å². The Morgan fingerprint density at radius 2 is 2.09 bits per heavy atom. The zero-order valence-electron chi connectivity index (χ0n) is 6.42. The van der Waals surface area contributed by atoms with E-state index in [1.165, 1.54) is 5.56 Å². The summed E-state index contributed by atoms with van der Waals surface area (Å²) in [6, 6.07) is 8.21. The molecule has 1 rings (SSSR count). The van der Waals surface area contributed by atoms with Crippen molar-refractivity contribution in [2.45, 2.75) is 18.6 Å². The Labute approximate surface area is 81.5 Å². The molecular weight excluding hydrogens is 220 g/mol. The molecule has 1 aromatic carbocycles. The van der Waals surface area contributed by atoms with E-state index >= 15 is 0 Å². The van der Waals surface area contributed by atoms with E-state index in [1.54, 1.807) is 0 Å². The van der Waals surface area contributed by atoms with Crippen LogP contribution in [0.2, 0.25) is 0 Å². The lowest BCUT2D eigenvalue weighted by Crippen LogP contribution is -1.88. The van der Waals surface area contributed by atoms with Gasteiger partial charge in [0.25, 0.3) is 0 Å². The van der Waals surface area contributed by atoms with Crippen molar-refractivity contribution >= 4 is 28.6 Å². The summed E-state index contributed by atoms with van der Waals surface area (Å²) < 4.78 is 1.15. The van der Waals surface area contributed by atoms with Gasteiger partial charge in [-0.3, -0.25) is 0 Å². The number of rotatable bonds is 2. The highest BCUT2D eigenvalue weighted by Gasteiger charge is 2.05. The third kappa shape index (κ3) is 2.24. The minimum atomic E-state index is 0.352. The van der Waals surface area contributed by atoms with E-state index in [4.69, 9.17) is 0 Å². The molecular formula is C9H11BrS. The molecule has 0 aliphatic heterocycles. The van der Waals surface area contributed by atoms with Crippen LogP contribution in [0.25, 0.3) is 0 Å². The molecule has 0 radical (unpaired) electrons. The lowest BCUT2D eigenvalue weighted by molar-refractivity contribution is 0.898. The van der Waals surface area contributed by atoms with Crippen LogP contribution in [0.3, 0.4) is 0 Å². The van der Waals surface area contributed by atoms with Crippen molar-refractivity contribution in [2.24, 2.45) is 0 Å². The fraction of sp³-hybridized carbons (Fsp3) is 0.333. The van der Waals surface area contributed by atoms with Gasteiger partial charge in [0.15, 0.2) is 0 Å². The molecule has 60 valence electrons. The van der Waals surface area contributed by atoms with Crippen LogP contribution in [0, 0.1) is 0 Å². The van der Waals surface area contributed by atoms with Crippen LogP contribution in [-0.2, 0) is 0 Å². The van der Waals surface area contributed by atoms with E-state index < -0.39 is 0 Å². The molecule has 11 heavy (non-hydrogen) atoms. The average molecular weight is 231 g/mol. The summed E-state index contributed by atoms with van der Waals surface area (Å²) >= 11 is 7.95. The van der Waals surface area contributed by atoms with Crippen molar-refractivity contribution in [1.29, 1.82) is 0 Å². The molecule has 0 aliphatic carbocycles. The summed E-state index contributed by atoms with van der Waals surface area (Å²) in [7, 11) is 0. The summed E-state index contributed by atoms with van der Waals surface area (Å²) in [4.78, 5) is 0. The normalized spacial score (nSPS) is 13.0. The lowest BCUT2D eigenvalue weighted by Gasteiger charge is -2.09. The quantitative estimate of drug-likeness (QED) is 0.734. The van der Waals surface area contributed by atoms with Gasteiger partial charge < -0.3 is 0 Å². The van der Waals surface area contributed by atoms with Gasteiger partial charge in [-0.15, -0.1) is 0 Å². The van der Waals surface area contributed by atoms with Gasteiger partial charge >= 0.3 is 0 Å². The molecule has 0 aromatic heterocycles. The van der Waals surface area contributed by atoms with Crippen molar-refractivity contribution < 1.29 is 0 Å². The summed E-state index contributed by atoms with van der Waals surface area (Å²) in [5.74, 6) is 0. The molecule has 0 spiro atoms. The largest absolute Gasteiger partial charge is 0.171 e. The van der Waals surface area contributed by atoms with E-state index in [0.29, 0.717) is 5.25 Å². The van der Waals surface area contributed by atoms with Crippen molar-refractivity contribution in [3.8, 4) is 0 Å². The van der Waals surface area contributed by atoms with Gasteiger partial charge in [0.1, 0.15) is 0 Å². The van der Waals surface area contributed by atoms with Crippen LogP contribution in [0.5, 0.6) is 0 Å². The van der Waals surface area contributed by atoms with E-state index in [0.717, 1.165) is 10.9 Å². The van der Waals surface area contributed by atoms with Gasteiger partial charge in [-0.05, 0) is 18.1 Å². The average Bonchev–Trinajstić information content (AvgIpc) is 2.04. The lowest BCUT2D eigenvalue weighted by atomic mass is 10.1. The first-order chi connectivity index (χ1) is 5.25. The number of halogens is 1. The van der Waals surface area contributed by atoms with E-state index in [-0.39, 0.29) is 0 Å². The Morgan fingerprint density at radius 1 is 1.45 bits per heavy atom. The number of hydrogen-bond acceptors (Lipinski definition) is 1. The van der Waals surface area contributed by atoms with Crippen LogP contribution < -0.4 is 0 Å². The molecule has 0 heterocycles. The highest BCUT2D eigenvalue weighted by Crippen LogP contribution is 2.29. The molecule has 1 aromatic rings. The minimum Gasteiger partial charge on any atom is -0.171 e. The molecule has 0 saturated heterocycles. The second-order valence-electron chi connectivity index (χ2n) is 2.45. The molecule has 0 bridgehead atoms. The number of benzene rings is 1. The standard InChI is InChI=1S/C9H11BrS/c1-2-9(11)7-5-3-4-6-8(7)10/h3-6,9,11H,2H2,1H3. The second-order valence-corrected chi connectivity index (χ2v) is 3.92. The third-order valence-corrected chi connectivity index (χ3v) is 3.02. The Kier molecular flexibility index (Phi) is 3.46. The zero-order valence-corrected chi connectivity index (χ0v) is 8.90. The van der Waals surface area contributed by atoms with Crippen molar-refractivity contribution in [3.63, 3.8) is 0 Å². The maximum Gasteiger partial charge on any atom is 0.0275 e. The SMILES string of the molecule is CCC(S)c1ccccc1Br. The highest BCUT2D eigenvalue weighted by molar-refractivity contribution is 9.10. The molecule has 0 N–H and O–H groups in total. The highest BCUT2D eigenvalue weighted by atomic mass is 79.9. The van der Waals surface area contributed by atoms with Crippen molar-refractivity contribution in [3.05, 3.63) is 34.3 Å². The molecule has 0 aliphatic rings. The zero-order chi connectivity index (χ0) is 8.27. The van der Waals surface area contributed by atoms with Crippen molar-refractivity contribution in [2.75, 3.05) is 0 Å². The first kappa shape index (κ1) is 9.14. The smallest absolute Gasteiger partial charge is 0.0275 e. The predicted octanol–water partition coefficient (Wildman–Crippen LogP) is 3.83. The molecule has 2 heteroatoms. The molecule has 1 unspecified atom stereocenters. The monoisotopic (exact) mass is 230 g/mol. The molecule has 0 amide bonds. The van der Waals surface area contributed by atoms with E-state index in [9.17, 15) is 0 Å². The van der Waals surface area contributed by atoms with Gasteiger partial charge in [0.2, 0.25) is 0 Å². The van der Waals surface area contributed by atoms with Crippen LogP contribution >= 0.6 is 28.6 Å². The van der Waals surface area contributed by atoms with Gasteiger partial charge in [0, 0.05) is 9.72 Å². The Morgan fingerprint density at radius 3 is 2.64 bits per heavy atom. The molecule has 0 nitrogen and oxygen atoms in total. The third-order valence-electron chi connectivity index (χ3n) is 1.65. The maximum atomic E-state index is 4.46. The fourth-order valence-corrected chi connectivity index (χ4v) is 1.93. The first-order valence-corrected chi connectivity index (χ1v) is 4.99. The summed E-state index contributed by atoms with van der Waals surface area (Å²) in [6.07, 6.45) is 1.06. The van der Waals surface area contributed by atoms with Gasteiger partial charge in [0.05, 0.1) is 0 Å². The summed E-state index contributed by atoms with van der Waals surface area (Å²) in [5, 5.41) is 0.352. The molecule has 0 saturated carbocycles. The number of thiol groups is 1. The van der Waals surface area contributed by atoms with Crippen LogP contribution in [0.1, 0.15) is 24.2 Å². The Balaban J connectivity index is 2.93. The Hall–Kier alpha value is 0.0500. The fourth-order valence-electron chi connectivity index (χ4n) is 0.965. The first-order valence-electron chi connectivity index (χ1n) is 3.68. The van der Waals surface area contributed by atoms with Crippen LogP contribution in [0.15, 0.2) is 28.7 Å². The maximum absolute atomic E-state index is 4.46. The summed E-state index contributed by atoms with van der Waals surface area (Å²) in [5.41, 5.74) is 1.28. The molecule has 0 fully saturated rings. The number of hydrogen-bond donors (Lipinski definition) is 1. The second kappa shape index (κ2) is 4.17. The Bertz CT molecular complexity index is 235. The van der Waals surface area contributed by atoms with Gasteiger partial charge in [-0.2, -0.15) is 12.6 Å². The minimum absolute atomic E-state index is 0.352. The predicted molar refractivity (Wildman–Crippen MR) is 56.2 cm³/mol. The van der Waals surface area contributed by atoms with Gasteiger partial charge in [-0.1, -0.05) is 41.1 Å². The summed E-state index contributed by atoms with van der Waals surface area (Å²) in [6.45, 7) is 2.14. The van der Waals surface area contributed by atoms with E-state index in [1.807, 2.05) is 18.2 Å². The van der Waals surface area contributed by atoms with Crippen molar-refractivity contribution in [1.82, 2.24) is 0 Å². The van der Waals surface area contributed by atoms with Crippen LogP contribution in [-0.4, -0.2) is 0 Å². The van der Waals surface area contributed by atoms with Gasteiger partial charge in [-0.25, -0.2) is 0 Å².